The fourth-order valence-electron chi connectivity index (χ4n) is 2.74. The normalized spacial score (nSPS) is 15.9. The molecule has 1 aromatic heterocycles. The molecule has 26 heavy (non-hydrogen) atoms. The van der Waals surface area contributed by atoms with Crippen molar-refractivity contribution in [2.75, 3.05) is 46.5 Å². The van der Waals surface area contributed by atoms with E-state index in [1.165, 1.54) is 0 Å². The van der Waals surface area contributed by atoms with Crippen LogP contribution in [-0.2, 0) is 11.3 Å². The largest absolute Gasteiger partial charge is 0.481 e. The van der Waals surface area contributed by atoms with Gasteiger partial charge in [-0.15, -0.1) is 24.0 Å². The number of rotatable bonds is 7. The zero-order chi connectivity index (χ0) is 18.1. The number of nitrogens with one attached hydrogen (secondary N) is 2. The van der Waals surface area contributed by atoms with Crippen LogP contribution in [0.5, 0.6) is 5.88 Å². The minimum absolute atomic E-state index is 0. The molecule has 0 unspecified atom stereocenters. The van der Waals surface area contributed by atoms with Gasteiger partial charge in [-0.25, -0.2) is 9.98 Å². The second-order valence-corrected chi connectivity index (χ2v) is 6.63. The molecule has 0 radical (unpaired) electrons. The van der Waals surface area contributed by atoms with Crippen molar-refractivity contribution in [3.8, 4) is 5.88 Å². The van der Waals surface area contributed by atoms with E-state index in [0.29, 0.717) is 12.4 Å². The predicted molar refractivity (Wildman–Crippen MR) is 115 cm³/mol. The van der Waals surface area contributed by atoms with Crippen LogP contribution in [0.15, 0.2) is 23.2 Å². The van der Waals surface area contributed by atoms with E-state index >= 15 is 0 Å². The highest BCUT2D eigenvalue weighted by Gasteiger charge is 2.28. The number of nitrogens with zero attached hydrogens (tertiary/aromatic N) is 3. The summed E-state index contributed by atoms with van der Waals surface area (Å²) in [5.41, 5.74) is 0.915. The lowest BCUT2D eigenvalue weighted by Crippen LogP contribution is -2.56. The summed E-state index contributed by atoms with van der Waals surface area (Å²) in [6, 6.07) is 5.72. The van der Waals surface area contributed by atoms with Crippen LogP contribution in [0.1, 0.15) is 26.5 Å². The van der Waals surface area contributed by atoms with Gasteiger partial charge in [0, 0.05) is 37.8 Å². The van der Waals surface area contributed by atoms with Crippen molar-refractivity contribution in [1.29, 1.82) is 0 Å². The molecule has 0 saturated carbocycles. The Kier molecular flexibility index (Phi) is 10.2. The molecule has 0 bridgehead atoms. The molecule has 1 aromatic rings. The van der Waals surface area contributed by atoms with Crippen LogP contribution in [0, 0.1) is 0 Å². The van der Waals surface area contributed by atoms with E-state index in [2.05, 4.69) is 46.3 Å². The Morgan fingerprint density at radius 2 is 2.04 bits per heavy atom. The van der Waals surface area contributed by atoms with Crippen molar-refractivity contribution in [1.82, 2.24) is 20.5 Å². The summed E-state index contributed by atoms with van der Waals surface area (Å²) in [6.07, 6.45) is 0. The molecule has 1 aliphatic rings. The molecule has 1 saturated heterocycles. The second-order valence-electron chi connectivity index (χ2n) is 6.63. The zero-order valence-corrected chi connectivity index (χ0v) is 18.6. The minimum atomic E-state index is 0. The van der Waals surface area contributed by atoms with Crippen molar-refractivity contribution < 1.29 is 9.47 Å². The highest BCUT2D eigenvalue weighted by atomic mass is 127. The van der Waals surface area contributed by atoms with Crippen LogP contribution in [0.3, 0.4) is 0 Å². The number of guanidine groups is 1. The maximum absolute atomic E-state index is 5.45. The summed E-state index contributed by atoms with van der Waals surface area (Å²) >= 11 is 0. The Hall–Kier alpha value is -1.13. The molecule has 2 N–H and O–H groups in total. The molecule has 8 heteroatoms. The standard InChI is InChI=1S/C18H31N5O2.HI/c1-5-19-17(20-13-15-7-6-8-16(22-15)24-4)21-14-18(2,3)23-9-11-25-12-10-23;/h6-8H,5,9-14H2,1-4H3,(H2,19,20,21);1H. The van der Waals surface area contributed by atoms with Crippen LogP contribution in [0.4, 0.5) is 0 Å². The van der Waals surface area contributed by atoms with Gasteiger partial charge in [0.15, 0.2) is 5.96 Å². The van der Waals surface area contributed by atoms with Gasteiger partial charge in [-0.3, -0.25) is 4.90 Å². The van der Waals surface area contributed by atoms with Gasteiger partial charge in [0.25, 0.3) is 0 Å². The Morgan fingerprint density at radius 3 is 2.69 bits per heavy atom. The topological polar surface area (TPSA) is 71.0 Å². The zero-order valence-electron chi connectivity index (χ0n) is 16.2. The second kappa shape index (κ2) is 11.6. The van der Waals surface area contributed by atoms with Gasteiger partial charge in [0.05, 0.1) is 32.6 Å². The Morgan fingerprint density at radius 1 is 1.31 bits per heavy atom. The monoisotopic (exact) mass is 477 g/mol. The molecule has 2 rings (SSSR count). The van der Waals surface area contributed by atoms with E-state index in [1.54, 1.807) is 7.11 Å². The minimum Gasteiger partial charge on any atom is -0.481 e. The third-order valence-corrected chi connectivity index (χ3v) is 4.29. The van der Waals surface area contributed by atoms with Crippen molar-refractivity contribution in [2.24, 2.45) is 4.99 Å². The highest BCUT2D eigenvalue weighted by molar-refractivity contribution is 14.0. The lowest BCUT2D eigenvalue weighted by Gasteiger charge is -2.41. The highest BCUT2D eigenvalue weighted by Crippen LogP contribution is 2.15. The lowest BCUT2D eigenvalue weighted by atomic mass is 10.0. The molecule has 1 fully saturated rings. The summed E-state index contributed by atoms with van der Waals surface area (Å²) in [5.74, 6) is 1.41. The van der Waals surface area contributed by atoms with Crippen molar-refractivity contribution in [3.63, 3.8) is 0 Å². The van der Waals surface area contributed by atoms with Crippen LogP contribution in [0.2, 0.25) is 0 Å². The SMILES string of the molecule is CCNC(=NCc1cccc(OC)n1)NCC(C)(C)N1CCOCC1.I. The lowest BCUT2D eigenvalue weighted by molar-refractivity contribution is -0.00834. The number of aliphatic imine (C=N–C) groups is 1. The van der Waals surface area contributed by atoms with Crippen LogP contribution < -0.4 is 15.4 Å². The third kappa shape index (κ3) is 7.24. The van der Waals surface area contributed by atoms with Gasteiger partial charge in [0.2, 0.25) is 5.88 Å². The van der Waals surface area contributed by atoms with E-state index in [0.717, 1.165) is 51.0 Å². The molecular formula is C18H32IN5O2. The van der Waals surface area contributed by atoms with E-state index < -0.39 is 0 Å². The quantitative estimate of drug-likeness (QED) is 0.355. The van der Waals surface area contributed by atoms with E-state index in [1.807, 2.05) is 18.2 Å². The first-order chi connectivity index (χ1) is 12.0. The summed E-state index contributed by atoms with van der Waals surface area (Å²) in [6.45, 7) is 12.2. The molecule has 0 amide bonds. The van der Waals surface area contributed by atoms with E-state index in [-0.39, 0.29) is 29.5 Å². The summed E-state index contributed by atoms with van der Waals surface area (Å²) < 4.78 is 10.6. The number of halogens is 1. The van der Waals surface area contributed by atoms with Crippen molar-refractivity contribution in [3.05, 3.63) is 23.9 Å². The maximum atomic E-state index is 5.45. The Labute approximate surface area is 174 Å². The first-order valence-corrected chi connectivity index (χ1v) is 8.90. The first kappa shape index (κ1) is 22.9. The summed E-state index contributed by atoms with van der Waals surface area (Å²) in [4.78, 5) is 11.5. The molecule has 7 nitrogen and oxygen atoms in total. The smallest absolute Gasteiger partial charge is 0.213 e. The van der Waals surface area contributed by atoms with Crippen molar-refractivity contribution >= 4 is 29.9 Å². The average molecular weight is 477 g/mol. The number of pyridine rings is 1. The molecule has 148 valence electrons. The van der Waals surface area contributed by atoms with Gasteiger partial charge in [-0.2, -0.15) is 0 Å². The molecule has 0 atom stereocenters. The first-order valence-electron chi connectivity index (χ1n) is 8.90. The molecule has 0 aromatic carbocycles. The predicted octanol–water partition coefficient (Wildman–Crippen LogP) is 1.87. The van der Waals surface area contributed by atoms with Gasteiger partial charge >= 0.3 is 0 Å². The third-order valence-electron chi connectivity index (χ3n) is 4.29. The van der Waals surface area contributed by atoms with Gasteiger partial charge in [0.1, 0.15) is 0 Å². The van der Waals surface area contributed by atoms with Crippen molar-refractivity contribution in [2.45, 2.75) is 32.9 Å². The van der Waals surface area contributed by atoms with Gasteiger partial charge in [-0.05, 0) is 26.8 Å². The number of morpholine rings is 1. The number of ether oxygens (including phenoxy) is 2. The van der Waals surface area contributed by atoms with Crippen LogP contribution in [-0.4, -0.2) is 67.9 Å². The molecule has 0 aliphatic carbocycles. The Bertz CT molecular complexity index is 562. The molecular weight excluding hydrogens is 445 g/mol. The number of aromatic nitrogens is 1. The van der Waals surface area contributed by atoms with Crippen LogP contribution in [0.25, 0.3) is 0 Å². The average Bonchev–Trinajstić information content (AvgIpc) is 2.65. The number of methoxy groups -OCH3 is 1. The van der Waals surface area contributed by atoms with Gasteiger partial charge < -0.3 is 20.1 Å². The van der Waals surface area contributed by atoms with E-state index in [4.69, 9.17) is 9.47 Å². The number of hydrogen-bond acceptors (Lipinski definition) is 5. The summed E-state index contributed by atoms with van der Waals surface area (Å²) in [5, 5.41) is 6.75. The molecule has 0 spiro atoms. The molecule has 1 aliphatic heterocycles. The summed E-state index contributed by atoms with van der Waals surface area (Å²) in [7, 11) is 1.62. The number of hydrogen-bond donors (Lipinski definition) is 2. The van der Waals surface area contributed by atoms with E-state index in [9.17, 15) is 0 Å². The fourth-order valence-corrected chi connectivity index (χ4v) is 2.74. The molecule has 2 heterocycles. The Balaban J connectivity index is 0.00000338. The fraction of sp³-hybridized carbons (Fsp3) is 0.667. The van der Waals surface area contributed by atoms with Gasteiger partial charge in [-0.1, -0.05) is 6.07 Å². The maximum Gasteiger partial charge on any atom is 0.213 e. The van der Waals surface area contributed by atoms with Crippen LogP contribution >= 0.6 is 24.0 Å².